The number of nitrogens with zero attached hydrogens (tertiary/aromatic N) is 1. The number of hydrogen-bond donors (Lipinski definition) is 2. The highest BCUT2D eigenvalue weighted by Crippen LogP contribution is 2.25. The smallest absolute Gasteiger partial charge is 0.250 e. The first-order chi connectivity index (χ1) is 14.0. The molecule has 0 atom stereocenters. The Morgan fingerprint density at radius 1 is 1.03 bits per heavy atom. The minimum atomic E-state index is -0.212. The van der Waals surface area contributed by atoms with Crippen molar-refractivity contribution in [3.63, 3.8) is 0 Å². The molecule has 0 fully saturated rings. The number of nitrogens with one attached hydrogen (secondary N) is 2. The molecule has 0 aliphatic carbocycles. The van der Waals surface area contributed by atoms with Crippen LogP contribution >= 0.6 is 11.3 Å². The van der Waals surface area contributed by atoms with E-state index >= 15 is 0 Å². The van der Waals surface area contributed by atoms with E-state index in [0.717, 1.165) is 28.8 Å². The summed E-state index contributed by atoms with van der Waals surface area (Å²) in [4.78, 5) is 27.6. The summed E-state index contributed by atoms with van der Waals surface area (Å²) in [7, 11) is 0. The van der Waals surface area contributed by atoms with E-state index in [1.165, 1.54) is 29.9 Å². The standard InChI is InChI=1S/C23H23N3O2S/c1-3-17-4-6-18(7-5-17)10-13-22(28)26-23-25-21(15-29-23)20-11-8-19(9-12-20)14-24-16(2)27/h4-13,15H,3,14H2,1-2H3,(H,24,27)(H,25,26,28)/b13-10+. The Bertz CT molecular complexity index is 1010. The fourth-order valence-electron chi connectivity index (χ4n) is 2.67. The Kier molecular flexibility index (Phi) is 6.92. The highest BCUT2D eigenvalue weighted by Gasteiger charge is 2.07. The molecule has 1 aromatic heterocycles. The zero-order chi connectivity index (χ0) is 20.6. The zero-order valence-corrected chi connectivity index (χ0v) is 17.3. The molecule has 6 heteroatoms. The summed E-state index contributed by atoms with van der Waals surface area (Å²) in [6.07, 6.45) is 4.30. The molecule has 0 saturated carbocycles. The number of benzene rings is 2. The number of carbonyl (C=O) groups excluding carboxylic acids is 2. The Morgan fingerprint density at radius 3 is 2.38 bits per heavy atom. The third-order valence-corrected chi connectivity index (χ3v) is 5.10. The second-order valence-electron chi connectivity index (χ2n) is 6.56. The van der Waals surface area contributed by atoms with Crippen LogP contribution in [0, 0.1) is 0 Å². The number of aryl methyl sites for hydroxylation is 1. The monoisotopic (exact) mass is 405 g/mol. The van der Waals surface area contributed by atoms with Gasteiger partial charge < -0.3 is 5.32 Å². The molecule has 5 nitrogen and oxygen atoms in total. The summed E-state index contributed by atoms with van der Waals surface area (Å²) in [6.45, 7) is 4.11. The van der Waals surface area contributed by atoms with Crippen LogP contribution in [0.3, 0.4) is 0 Å². The van der Waals surface area contributed by atoms with Gasteiger partial charge >= 0.3 is 0 Å². The normalized spacial score (nSPS) is 10.8. The number of amides is 2. The van der Waals surface area contributed by atoms with Gasteiger partial charge in [-0.25, -0.2) is 4.98 Å². The molecular formula is C23H23N3O2S. The fraction of sp³-hybridized carbons (Fsp3) is 0.174. The van der Waals surface area contributed by atoms with Gasteiger partial charge in [0.15, 0.2) is 5.13 Å². The summed E-state index contributed by atoms with van der Waals surface area (Å²) in [5, 5.41) is 8.04. The average Bonchev–Trinajstić information content (AvgIpc) is 3.20. The molecule has 0 saturated heterocycles. The van der Waals surface area contributed by atoms with E-state index in [-0.39, 0.29) is 11.8 Å². The summed E-state index contributed by atoms with van der Waals surface area (Å²) in [5.41, 5.74) is 5.03. The lowest BCUT2D eigenvalue weighted by molar-refractivity contribution is -0.119. The maximum atomic E-state index is 12.2. The minimum absolute atomic E-state index is 0.0546. The van der Waals surface area contributed by atoms with E-state index < -0.39 is 0 Å². The highest BCUT2D eigenvalue weighted by atomic mass is 32.1. The zero-order valence-electron chi connectivity index (χ0n) is 16.4. The largest absolute Gasteiger partial charge is 0.352 e. The Balaban J connectivity index is 1.58. The number of aromatic nitrogens is 1. The molecule has 0 aliphatic rings. The number of carbonyl (C=O) groups is 2. The highest BCUT2D eigenvalue weighted by molar-refractivity contribution is 7.14. The van der Waals surface area contributed by atoms with E-state index in [0.29, 0.717) is 11.7 Å². The van der Waals surface area contributed by atoms with Crippen molar-refractivity contribution in [2.75, 3.05) is 5.32 Å². The molecule has 0 unspecified atom stereocenters. The van der Waals surface area contributed by atoms with Gasteiger partial charge in [0.1, 0.15) is 0 Å². The van der Waals surface area contributed by atoms with Crippen LogP contribution in [0.2, 0.25) is 0 Å². The molecule has 2 aromatic carbocycles. The second-order valence-corrected chi connectivity index (χ2v) is 7.42. The number of anilines is 1. The predicted octanol–water partition coefficient (Wildman–Crippen LogP) is 4.66. The van der Waals surface area contributed by atoms with Crippen molar-refractivity contribution in [1.82, 2.24) is 10.3 Å². The lowest BCUT2D eigenvalue weighted by Crippen LogP contribution is -2.18. The van der Waals surface area contributed by atoms with Gasteiger partial charge in [-0.2, -0.15) is 0 Å². The first-order valence-corrected chi connectivity index (χ1v) is 10.3. The van der Waals surface area contributed by atoms with E-state index in [4.69, 9.17) is 0 Å². The van der Waals surface area contributed by atoms with Crippen molar-refractivity contribution >= 4 is 34.4 Å². The van der Waals surface area contributed by atoms with Gasteiger partial charge in [0.05, 0.1) is 5.69 Å². The molecule has 0 spiro atoms. The first kappa shape index (κ1) is 20.5. The molecule has 1 heterocycles. The Hall–Kier alpha value is -3.25. The maximum absolute atomic E-state index is 12.2. The van der Waals surface area contributed by atoms with Crippen LogP contribution < -0.4 is 10.6 Å². The molecule has 148 valence electrons. The minimum Gasteiger partial charge on any atom is -0.352 e. The summed E-state index contributed by atoms with van der Waals surface area (Å²) in [5.74, 6) is -0.267. The lowest BCUT2D eigenvalue weighted by atomic mass is 10.1. The Morgan fingerprint density at radius 2 is 1.72 bits per heavy atom. The van der Waals surface area contributed by atoms with Crippen molar-refractivity contribution in [2.45, 2.75) is 26.8 Å². The number of hydrogen-bond acceptors (Lipinski definition) is 4. The Labute approximate surface area is 174 Å². The molecule has 2 amide bonds. The van der Waals surface area contributed by atoms with Crippen molar-refractivity contribution in [3.05, 3.63) is 76.7 Å². The number of thiazole rings is 1. The molecule has 0 radical (unpaired) electrons. The molecule has 3 aromatic rings. The SMILES string of the molecule is CCc1ccc(/C=C/C(=O)Nc2nc(-c3ccc(CNC(C)=O)cc3)cs2)cc1. The third kappa shape index (κ3) is 6.12. The quantitative estimate of drug-likeness (QED) is 0.562. The van der Waals surface area contributed by atoms with Gasteiger partial charge in [0.25, 0.3) is 0 Å². The van der Waals surface area contributed by atoms with Crippen molar-refractivity contribution in [1.29, 1.82) is 0 Å². The van der Waals surface area contributed by atoms with Crippen LogP contribution in [-0.4, -0.2) is 16.8 Å². The van der Waals surface area contributed by atoms with E-state index in [1.54, 1.807) is 6.08 Å². The van der Waals surface area contributed by atoms with Crippen LogP contribution in [0.1, 0.15) is 30.5 Å². The lowest BCUT2D eigenvalue weighted by Gasteiger charge is -2.03. The van der Waals surface area contributed by atoms with Gasteiger partial charge in [-0.15, -0.1) is 11.3 Å². The number of rotatable bonds is 7. The van der Waals surface area contributed by atoms with Crippen molar-refractivity contribution in [3.8, 4) is 11.3 Å². The van der Waals surface area contributed by atoms with E-state index in [2.05, 4.69) is 34.7 Å². The van der Waals surface area contributed by atoms with E-state index in [1.807, 2.05) is 41.8 Å². The van der Waals surface area contributed by atoms with Gasteiger partial charge in [0.2, 0.25) is 11.8 Å². The molecule has 0 aliphatic heterocycles. The third-order valence-electron chi connectivity index (χ3n) is 4.34. The van der Waals surface area contributed by atoms with Gasteiger partial charge in [0, 0.05) is 30.5 Å². The first-order valence-electron chi connectivity index (χ1n) is 9.41. The van der Waals surface area contributed by atoms with Crippen molar-refractivity contribution < 1.29 is 9.59 Å². The van der Waals surface area contributed by atoms with E-state index in [9.17, 15) is 9.59 Å². The molecule has 3 rings (SSSR count). The maximum Gasteiger partial charge on any atom is 0.250 e. The van der Waals surface area contributed by atoms with Gasteiger partial charge in [-0.3, -0.25) is 14.9 Å². The second kappa shape index (κ2) is 9.80. The van der Waals surface area contributed by atoms with Crippen LogP contribution in [0.4, 0.5) is 5.13 Å². The topological polar surface area (TPSA) is 71.1 Å². The molecule has 2 N–H and O–H groups in total. The molecule has 0 bridgehead atoms. The van der Waals surface area contributed by atoms with Gasteiger partial charge in [-0.05, 0) is 29.2 Å². The summed E-state index contributed by atoms with van der Waals surface area (Å²) >= 11 is 1.38. The van der Waals surface area contributed by atoms with Crippen LogP contribution in [0.25, 0.3) is 17.3 Å². The summed E-state index contributed by atoms with van der Waals surface area (Å²) < 4.78 is 0. The van der Waals surface area contributed by atoms with Crippen LogP contribution in [0.5, 0.6) is 0 Å². The van der Waals surface area contributed by atoms with Crippen molar-refractivity contribution in [2.24, 2.45) is 0 Å². The molecule has 29 heavy (non-hydrogen) atoms. The predicted molar refractivity (Wildman–Crippen MR) is 119 cm³/mol. The molecular weight excluding hydrogens is 382 g/mol. The average molecular weight is 406 g/mol. The summed E-state index contributed by atoms with van der Waals surface area (Å²) in [6, 6.07) is 15.9. The fourth-order valence-corrected chi connectivity index (χ4v) is 3.39. The van der Waals surface area contributed by atoms with Gasteiger partial charge in [-0.1, -0.05) is 55.5 Å². The van der Waals surface area contributed by atoms with Crippen LogP contribution in [-0.2, 0) is 22.6 Å². The van der Waals surface area contributed by atoms with Crippen LogP contribution in [0.15, 0.2) is 60.0 Å².